The van der Waals surface area contributed by atoms with E-state index in [0.717, 1.165) is 13.0 Å². The van der Waals surface area contributed by atoms with E-state index >= 15 is 0 Å². The Labute approximate surface area is 169 Å². The Morgan fingerprint density at radius 2 is 2.03 bits per heavy atom. The third-order valence-electron chi connectivity index (χ3n) is 6.43. The normalized spacial score (nSPS) is 27.9. The number of rotatable bonds is 5. The molecule has 0 spiro atoms. The molecule has 2 N–H and O–H groups in total. The molecule has 154 valence electrons. The Morgan fingerprint density at radius 1 is 1.21 bits per heavy atom. The smallest absolute Gasteiger partial charge is 0.250 e. The number of carbonyl (C=O) groups is 1. The zero-order chi connectivity index (χ0) is 19.8. The third kappa shape index (κ3) is 3.79. The third-order valence-corrected chi connectivity index (χ3v) is 6.43. The van der Waals surface area contributed by atoms with E-state index in [0.29, 0.717) is 36.5 Å². The highest BCUT2D eigenvalue weighted by Gasteiger charge is 2.44. The maximum atomic E-state index is 14.0. The predicted octanol–water partition coefficient (Wildman–Crippen LogP) is 1.89. The van der Waals surface area contributed by atoms with Crippen molar-refractivity contribution in [2.24, 2.45) is 0 Å². The highest BCUT2D eigenvalue weighted by atomic mass is 19.1. The van der Waals surface area contributed by atoms with Crippen LogP contribution in [0, 0.1) is 5.82 Å². The second-order valence-electron chi connectivity index (χ2n) is 8.38. The lowest BCUT2D eigenvalue weighted by Gasteiger charge is -2.36. The van der Waals surface area contributed by atoms with Crippen LogP contribution in [-0.2, 0) is 11.2 Å². The number of benzene rings is 1. The van der Waals surface area contributed by atoms with Crippen LogP contribution < -0.4 is 10.6 Å². The summed E-state index contributed by atoms with van der Waals surface area (Å²) in [5.74, 6) is 0.384. The molecule has 2 aromatic rings. The van der Waals surface area contributed by atoms with Gasteiger partial charge in [-0.05, 0) is 31.4 Å². The van der Waals surface area contributed by atoms with Crippen molar-refractivity contribution in [2.75, 3.05) is 13.1 Å². The number of nitrogens with one attached hydrogen (secondary N) is 2. The molecular formula is C21H26FN5O2. The molecule has 3 fully saturated rings. The number of aromatic nitrogens is 2. The molecule has 0 radical (unpaired) electrons. The van der Waals surface area contributed by atoms with Crippen LogP contribution in [0.1, 0.15) is 38.0 Å². The molecule has 1 aromatic carbocycles. The van der Waals surface area contributed by atoms with Gasteiger partial charge in [-0.25, -0.2) is 4.39 Å². The first-order valence-corrected chi connectivity index (χ1v) is 10.5. The number of amides is 1. The minimum atomic E-state index is -0.381. The summed E-state index contributed by atoms with van der Waals surface area (Å²) in [6, 6.07) is 7.29. The average molecular weight is 399 g/mol. The van der Waals surface area contributed by atoms with Gasteiger partial charge in [-0.2, -0.15) is 0 Å². The largest absolute Gasteiger partial charge is 0.421 e. The topological polar surface area (TPSA) is 83.3 Å². The molecule has 2 saturated heterocycles. The highest BCUT2D eigenvalue weighted by Crippen LogP contribution is 2.28. The van der Waals surface area contributed by atoms with E-state index < -0.39 is 0 Å². The van der Waals surface area contributed by atoms with Crippen LogP contribution in [0.5, 0.6) is 0 Å². The zero-order valence-electron chi connectivity index (χ0n) is 16.3. The Morgan fingerprint density at radius 3 is 2.86 bits per heavy atom. The van der Waals surface area contributed by atoms with Crippen LogP contribution in [-0.4, -0.2) is 58.3 Å². The first-order valence-electron chi connectivity index (χ1n) is 10.5. The average Bonchev–Trinajstić information content (AvgIpc) is 3.46. The first kappa shape index (κ1) is 18.7. The zero-order valence-corrected chi connectivity index (χ0v) is 16.3. The summed E-state index contributed by atoms with van der Waals surface area (Å²) in [4.78, 5) is 14.7. The van der Waals surface area contributed by atoms with Gasteiger partial charge in [-0.15, -0.1) is 10.2 Å². The van der Waals surface area contributed by atoms with Crippen molar-refractivity contribution in [3.8, 4) is 11.5 Å². The molecule has 0 unspecified atom stereocenters. The fourth-order valence-corrected chi connectivity index (χ4v) is 4.99. The molecule has 8 heteroatoms. The summed E-state index contributed by atoms with van der Waals surface area (Å²) in [5, 5.41) is 14.9. The van der Waals surface area contributed by atoms with E-state index in [-0.39, 0.29) is 29.7 Å². The van der Waals surface area contributed by atoms with Crippen LogP contribution in [0.25, 0.3) is 11.5 Å². The summed E-state index contributed by atoms with van der Waals surface area (Å²) in [6.07, 6.45) is 6.43. The summed E-state index contributed by atoms with van der Waals surface area (Å²) < 4.78 is 19.7. The van der Waals surface area contributed by atoms with Crippen molar-refractivity contribution in [1.29, 1.82) is 0 Å². The second-order valence-corrected chi connectivity index (χ2v) is 8.38. The molecule has 1 aliphatic carbocycles. The monoisotopic (exact) mass is 399 g/mol. The van der Waals surface area contributed by atoms with E-state index in [1.165, 1.54) is 31.7 Å². The van der Waals surface area contributed by atoms with Crippen molar-refractivity contribution < 1.29 is 13.6 Å². The van der Waals surface area contributed by atoms with Crippen LogP contribution >= 0.6 is 0 Å². The minimum absolute atomic E-state index is 0.0991. The maximum absolute atomic E-state index is 14.0. The lowest BCUT2D eigenvalue weighted by Crippen LogP contribution is -2.58. The fraction of sp³-hybridized carbons (Fsp3) is 0.571. The molecule has 3 atom stereocenters. The van der Waals surface area contributed by atoms with Crippen molar-refractivity contribution in [2.45, 2.75) is 62.7 Å². The van der Waals surface area contributed by atoms with Crippen molar-refractivity contribution >= 4 is 5.91 Å². The van der Waals surface area contributed by atoms with Gasteiger partial charge in [0.2, 0.25) is 11.8 Å². The first-order chi connectivity index (χ1) is 14.2. The van der Waals surface area contributed by atoms with Gasteiger partial charge in [0.05, 0.1) is 11.6 Å². The number of hydrogen-bond donors (Lipinski definition) is 2. The molecule has 3 aliphatic rings. The summed E-state index contributed by atoms with van der Waals surface area (Å²) in [7, 11) is 0. The highest BCUT2D eigenvalue weighted by molar-refractivity contribution is 5.83. The lowest BCUT2D eigenvalue weighted by molar-refractivity contribution is -0.129. The number of piperazine rings is 1. The minimum Gasteiger partial charge on any atom is -0.421 e. The quantitative estimate of drug-likeness (QED) is 0.799. The molecule has 3 heterocycles. The van der Waals surface area contributed by atoms with Gasteiger partial charge in [-0.3, -0.25) is 9.69 Å². The van der Waals surface area contributed by atoms with E-state index in [2.05, 4.69) is 25.7 Å². The Bertz CT molecular complexity index is 881. The van der Waals surface area contributed by atoms with Gasteiger partial charge in [0, 0.05) is 37.6 Å². The number of halogens is 1. The van der Waals surface area contributed by atoms with Crippen LogP contribution in [0.4, 0.5) is 4.39 Å². The molecule has 0 bridgehead atoms. The van der Waals surface area contributed by atoms with Crippen molar-refractivity contribution in [3.05, 3.63) is 36.0 Å². The molecule has 1 saturated carbocycles. The predicted molar refractivity (Wildman–Crippen MR) is 104 cm³/mol. The van der Waals surface area contributed by atoms with Gasteiger partial charge in [0.1, 0.15) is 5.82 Å². The van der Waals surface area contributed by atoms with Gasteiger partial charge in [-0.1, -0.05) is 25.0 Å². The molecule has 1 amide bonds. The van der Waals surface area contributed by atoms with E-state index in [4.69, 9.17) is 4.42 Å². The maximum Gasteiger partial charge on any atom is 0.250 e. The lowest BCUT2D eigenvalue weighted by atomic mass is 10.1. The molecule has 7 nitrogen and oxygen atoms in total. The summed E-state index contributed by atoms with van der Waals surface area (Å²) in [5.41, 5.74) is 0.308. The molecule has 1 aromatic heterocycles. The Balaban J connectivity index is 1.27. The van der Waals surface area contributed by atoms with Gasteiger partial charge < -0.3 is 15.1 Å². The van der Waals surface area contributed by atoms with E-state index in [1.54, 1.807) is 18.2 Å². The second kappa shape index (κ2) is 7.84. The standard InChI is InChI=1S/C21H26FN5O2/c22-17-8-4-3-7-16(17)21-26-25-19(29-21)10-15-11-23-20(28)18-9-14(12-27(15)18)24-13-5-1-2-6-13/h3-4,7-8,13-15,18,24H,1-2,5-6,9-12H2,(H,23,28)/t14-,15+,18-/m0/s1. The van der Waals surface area contributed by atoms with Crippen LogP contribution in [0.3, 0.4) is 0 Å². The number of nitrogens with zero attached hydrogens (tertiary/aromatic N) is 3. The molecular weight excluding hydrogens is 373 g/mol. The SMILES string of the molecule is O=C1NC[C@@H](Cc2nnc(-c3ccccc3F)o2)N2C[C@@H](NC3CCCC3)C[C@@H]12. The number of fused-ring (bicyclic) bond motifs is 1. The van der Waals surface area contributed by atoms with Crippen LogP contribution in [0.15, 0.2) is 28.7 Å². The van der Waals surface area contributed by atoms with Gasteiger partial charge >= 0.3 is 0 Å². The Kier molecular flexibility index (Phi) is 5.05. The van der Waals surface area contributed by atoms with Gasteiger partial charge in [0.15, 0.2) is 0 Å². The van der Waals surface area contributed by atoms with E-state index in [1.807, 2.05) is 0 Å². The Hall–Kier alpha value is -2.32. The molecule has 2 aliphatic heterocycles. The molecule has 5 rings (SSSR count). The van der Waals surface area contributed by atoms with E-state index in [9.17, 15) is 9.18 Å². The summed E-state index contributed by atoms with van der Waals surface area (Å²) >= 11 is 0. The van der Waals surface area contributed by atoms with Gasteiger partial charge in [0.25, 0.3) is 5.89 Å². The van der Waals surface area contributed by atoms with Crippen molar-refractivity contribution in [3.63, 3.8) is 0 Å². The molecule has 29 heavy (non-hydrogen) atoms. The fourth-order valence-electron chi connectivity index (χ4n) is 4.99. The van der Waals surface area contributed by atoms with Crippen LogP contribution in [0.2, 0.25) is 0 Å². The van der Waals surface area contributed by atoms with Crippen molar-refractivity contribution in [1.82, 2.24) is 25.7 Å². The summed E-state index contributed by atoms with van der Waals surface area (Å²) in [6.45, 7) is 1.41. The number of hydrogen-bond acceptors (Lipinski definition) is 6. The number of carbonyl (C=O) groups excluding carboxylic acids is 1.